The van der Waals surface area contributed by atoms with Gasteiger partial charge < -0.3 is 15.1 Å². The van der Waals surface area contributed by atoms with E-state index in [9.17, 15) is 4.79 Å². The maximum atomic E-state index is 10.6. The molecule has 1 aliphatic rings. The van der Waals surface area contributed by atoms with Crippen LogP contribution in [0.2, 0.25) is 0 Å². The molecule has 1 saturated heterocycles. The maximum Gasteiger partial charge on any atom is 0.407 e. The second-order valence-electron chi connectivity index (χ2n) is 4.23. The lowest BCUT2D eigenvalue weighted by molar-refractivity contribution is 0.0191. The number of carbonyl (C=O) groups is 1. The van der Waals surface area contributed by atoms with E-state index in [1.165, 1.54) is 4.90 Å². The maximum absolute atomic E-state index is 10.6. The topological polar surface area (TPSA) is 64.0 Å². The summed E-state index contributed by atoms with van der Waals surface area (Å²) in [5.74, 6) is 0. The zero-order chi connectivity index (χ0) is 10.8. The van der Waals surface area contributed by atoms with Gasteiger partial charge in [0.2, 0.25) is 0 Å². The molecule has 1 fully saturated rings. The van der Waals surface area contributed by atoms with Crippen molar-refractivity contribution in [3.8, 4) is 0 Å². The van der Waals surface area contributed by atoms with E-state index in [1.54, 1.807) is 0 Å². The quantitative estimate of drug-likeness (QED) is 0.664. The second-order valence-corrected chi connectivity index (χ2v) is 4.23. The Labute approximate surface area is 83.9 Å². The number of hydrogen-bond donors (Lipinski definition) is 2. The molecule has 0 aromatic rings. The molecule has 0 bridgehead atoms. The first-order chi connectivity index (χ1) is 6.47. The molecule has 0 aromatic heterocycles. The Morgan fingerprint density at radius 1 is 1.29 bits per heavy atom. The van der Waals surface area contributed by atoms with Gasteiger partial charge in [0.25, 0.3) is 0 Å². The molecular weight excluding hydrogens is 184 g/mol. The second kappa shape index (κ2) is 4.14. The minimum Gasteiger partial charge on any atom is -0.465 e. The number of carboxylic acid groups (broad SMARTS) is 1. The van der Waals surface area contributed by atoms with Crippen LogP contribution in [0.1, 0.15) is 13.8 Å². The Morgan fingerprint density at radius 2 is 1.79 bits per heavy atom. The summed E-state index contributed by atoms with van der Waals surface area (Å²) < 4.78 is 0. The monoisotopic (exact) mass is 202 g/mol. The van der Waals surface area contributed by atoms with Crippen LogP contribution in [0.5, 0.6) is 0 Å². The average Bonchev–Trinajstić information content (AvgIpc) is 2.18. The molecule has 1 heterocycles. The molecule has 0 atom stereocenters. The van der Waals surface area contributed by atoms with E-state index < -0.39 is 6.09 Å². The van der Waals surface area contributed by atoms with Crippen molar-refractivity contribution in [2.45, 2.75) is 19.4 Å². The highest BCUT2D eigenvalue weighted by Gasteiger charge is 2.30. The Hall–Kier alpha value is -0.810. The third kappa shape index (κ3) is 2.36. The normalized spacial score (nSPS) is 19.8. The van der Waals surface area contributed by atoms with Crippen molar-refractivity contribution in [1.82, 2.24) is 9.80 Å². The predicted molar refractivity (Wildman–Crippen MR) is 52.3 cm³/mol. The highest BCUT2D eigenvalue weighted by molar-refractivity contribution is 5.65. The fraction of sp³-hybridized carbons (Fsp3) is 0.889. The van der Waals surface area contributed by atoms with E-state index in [0.29, 0.717) is 26.2 Å². The van der Waals surface area contributed by atoms with Gasteiger partial charge in [-0.05, 0) is 13.8 Å². The lowest BCUT2D eigenvalue weighted by Gasteiger charge is -2.42. The van der Waals surface area contributed by atoms with Gasteiger partial charge in [-0.1, -0.05) is 0 Å². The third-order valence-corrected chi connectivity index (χ3v) is 2.79. The lowest BCUT2D eigenvalue weighted by Crippen LogP contribution is -2.56. The van der Waals surface area contributed by atoms with Gasteiger partial charge in [0.15, 0.2) is 0 Å². The molecule has 0 aromatic carbocycles. The molecule has 0 saturated carbocycles. The summed E-state index contributed by atoms with van der Waals surface area (Å²) in [5.41, 5.74) is -0.245. The summed E-state index contributed by atoms with van der Waals surface area (Å²) in [6, 6.07) is 0. The first-order valence-electron chi connectivity index (χ1n) is 4.81. The van der Waals surface area contributed by atoms with E-state index in [-0.39, 0.29) is 12.1 Å². The first kappa shape index (κ1) is 11.3. The van der Waals surface area contributed by atoms with Gasteiger partial charge in [-0.25, -0.2) is 4.79 Å². The van der Waals surface area contributed by atoms with Crippen molar-refractivity contribution in [3.63, 3.8) is 0 Å². The first-order valence-corrected chi connectivity index (χ1v) is 4.81. The van der Waals surface area contributed by atoms with Crippen LogP contribution in [-0.4, -0.2) is 64.4 Å². The minimum atomic E-state index is -0.855. The fourth-order valence-corrected chi connectivity index (χ4v) is 1.60. The molecule has 0 unspecified atom stereocenters. The fourth-order valence-electron chi connectivity index (χ4n) is 1.60. The zero-order valence-electron chi connectivity index (χ0n) is 8.73. The number of hydrogen-bond acceptors (Lipinski definition) is 3. The number of piperazine rings is 1. The summed E-state index contributed by atoms with van der Waals surface area (Å²) in [4.78, 5) is 14.2. The zero-order valence-corrected chi connectivity index (χ0v) is 8.73. The summed E-state index contributed by atoms with van der Waals surface area (Å²) in [7, 11) is 0. The van der Waals surface area contributed by atoms with Gasteiger partial charge in [-0.3, -0.25) is 4.90 Å². The molecule has 1 rings (SSSR count). The van der Waals surface area contributed by atoms with Crippen LogP contribution in [-0.2, 0) is 0 Å². The molecule has 2 N–H and O–H groups in total. The molecule has 82 valence electrons. The average molecular weight is 202 g/mol. The van der Waals surface area contributed by atoms with Crippen molar-refractivity contribution in [1.29, 1.82) is 0 Å². The van der Waals surface area contributed by atoms with Crippen LogP contribution < -0.4 is 0 Å². The van der Waals surface area contributed by atoms with E-state index in [1.807, 2.05) is 13.8 Å². The molecule has 5 nitrogen and oxygen atoms in total. The van der Waals surface area contributed by atoms with Crippen molar-refractivity contribution < 1.29 is 15.0 Å². The Balaban J connectivity index is 2.47. The van der Waals surface area contributed by atoms with Crippen LogP contribution in [0.3, 0.4) is 0 Å². The highest BCUT2D eigenvalue weighted by Crippen LogP contribution is 2.15. The van der Waals surface area contributed by atoms with Crippen LogP contribution in [0.25, 0.3) is 0 Å². The van der Waals surface area contributed by atoms with E-state index in [2.05, 4.69) is 4.90 Å². The van der Waals surface area contributed by atoms with E-state index in [4.69, 9.17) is 10.2 Å². The van der Waals surface area contributed by atoms with Crippen molar-refractivity contribution in [2.75, 3.05) is 32.8 Å². The van der Waals surface area contributed by atoms with Gasteiger partial charge in [0.05, 0.1) is 6.61 Å². The minimum absolute atomic E-state index is 0.0973. The predicted octanol–water partition coefficient (Wildman–Crippen LogP) is 0.0529. The summed E-state index contributed by atoms with van der Waals surface area (Å²) in [6.45, 7) is 6.46. The van der Waals surface area contributed by atoms with E-state index in [0.717, 1.165) is 0 Å². The number of nitrogens with zero attached hydrogens (tertiary/aromatic N) is 2. The molecular formula is C9H18N2O3. The molecule has 5 heteroatoms. The van der Waals surface area contributed by atoms with Crippen molar-refractivity contribution >= 4 is 6.09 Å². The molecule has 0 aliphatic carbocycles. The number of rotatable bonds is 2. The number of amides is 1. The third-order valence-electron chi connectivity index (χ3n) is 2.79. The standard InChI is InChI=1S/C9H18N2O3/c1-9(2,7-12)11-5-3-10(4-6-11)8(13)14/h12H,3-7H2,1-2H3,(H,13,14). The largest absolute Gasteiger partial charge is 0.465 e. The van der Waals surface area contributed by atoms with Crippen LogP contribution in [0.15, 0.2) is 0 Å². The molecule has 0 spiro atoms. The molecule has 1 amide bonds. The Morgan fingerprint density at radius 3 is 2.14 bits per heavy atom. The molecule has 14 heavy (non-hydrogen) atoms. The SMILES string of the molecule is CC(C)(CO)N1CCN(C(=O)O)CC1. The van der Waals surface area contributed by atoms with Crippen LogP contribution >= 0.6 is 0 Å². The van der Waals surface area contributed by atoms with Gasteiger partial charge in [0.1, 0.15) is 0 Å². The van der Waals surface area contributed by atoms with Gasteiger partial charge in [-0.15, -0.1) is 0 Å². The van der Waals surface area contributed by atoms with Crippen LogP contribution in [0.4, 0.5) is 4.79 Å². The number of aliphatic hydroxyl groups is 1. The van der Waals surface area contributed by atoms with Gasteiger partial charge in [-0.2, -0.15) is 0 Å². The van der Waals surface area contributed by atoms with Gasteiger partial charge >= 0.3 is 6.09 Å². The summed E-state index contributed by atoms with van der Waals surface area (Å²) in [6.07, 6.45) is -0.855. The van der Waals surface area contributed by atoms with Gasteiger partial charge in [0, 0.05) is 31.7 Å². The smallest absolute Gasteiger partial charge is 0.407 e. The van der Waals surface area contributed by atoms with Crippen molar-refractivity contribution in [2.24, 2.45) is 0 Å². The molecule has 0 radical (unpaired) electrons. The molecule has 1 aliphatic heterocycles. The Kier molecular flexibility index (Phi) is 3.34. The summed E-state index contributed by atoms with van der Waals surface area (Å²) >= 11 is 0. The number of aliphatic hydroxyl groups excluding tert-OH is 1. The summed E-state index contributed by atoms with van der Waals surface area (Å²) in [5, 5.41) is 17.9. The van der Waals surface area contributed by atoms with E-state index >= 15 is 0 Å². The highest BCUT2D eigenvalue weighted by atomic mass is 16.4. The lowest BCUT2D eigenvalue weighted by atomic mass is 10.0. The van der Waals surface area contributed by atoms with Crippen molar-refractivity contribution in [3.05, 3.63) is 0 Å². The van der Waals surface area contributed by atoms with Crippen LogP contribution in [0, 0.1) is 0 Å². The Bertz CT molecular complexity index is 210.